The lowest BCUT2D eigenvalue weighted by Crippen LogP contribution is -2.13. The summed E-state index contributed by atoms with van der Waals surface area (Å²) in [5, 5.41) is 0. The molecule has 1 aliphatic carbocycles. The van der Waals surface area contributed by atoms with Gasteiger partial charge in [-0.3, -0.25) is 9.78 Å². The average Bonchev–Trinajstić information content (AvgIpc) is 2.19. The predicted molar refractivity (Wildman–Crippen MR) is 58.6 cm³/mol. The van der Waals surface area contributed by atoms with Crippen LogP contribution in [0.2, 0.25) is 0 Å². The molecule has 2 N–H and O–H groups in total. The van der Waals surface area contributed by atoms with E-state index in [-0.39, 0.29) is 5.56 Å². The summed E-state index contributed by atoms with van der Waals surface area (Å²) in [7, 11) is 0. The number of hydrogen-bond acceptors (Lipinski definition) is 2. The topological polar surface area (TPSA) is 48.6 Å². The maximum Gasteiger partial charge on any atom is 0.259 e. The second-order valence-electron chi connectivity index (χ2n) is 3.14. The van der Waals surface area contributed by atoms with Gasteiger partial charge in [0.1, 0.15) is 0 Å². The van der Waals surface area contributed by atoms with E-state index in [4.69, 9.17) is 12.2 Å². The molecule has 0 amide bonds. The van der Waals surface area contributed by atoms with Gasteiger partial charge in [-0.25, -0.2) is 0 Å². The van der Waals surface area contributed by atoms with Gasteiger partial charge in [0.25, 0.3) is 5.56 Å². The normalized spacial score (nSPS) is 15.3. The first-order chi connectivity index (χ1) is 6.77. The molecule has 72 valence electrons. The highest BCUT2D eigenvalue weighted by molar-refractivity contribution is 7.71. The van der Waals surface area contributed by atoms with Crippen LogP contribution in [0, 0.1) is 4.77 Å². The third-order valence-electron chi connectivity index (χ3n) is 2.18. The Bertz CT molecular complexity index is 507. The number of hydrogen-bond donors (Lipinski definition) is 2. The van der Waals surface area contributed by atoms with Gasteiger partial charge in [-0.15, -0.1) is 0 Å². The van der Waals surface area contributed by atoms with E-state index in [1.165, 1.54) is 0 Å². The minimum absolute atomic E-state index is 0.115. The van der Waals surface area contributed by atoms with E-state index in [2.05, 4.69) is 16.0 Å². The molecule has 0 aliphatic heterocycles. The van der Waals surface area contributed by atoms with Crippen molar-refractivity contribution in [1.82, 2.24) is 9.97 Å². The van der Waals surface area contributed by atoms with Crippen LogP contribution < -0.4 is 5.56 Å². The molecule has 0 fully saturated rings. The minimum Gasteiger partial charge on any atom is -0.338 e. The van der Waals surface area contributed by atoms with Crippen LogP contribution in [0.3, 0.4) is 0 Å². The standard InChI is InChI=1S/C10H10N2OS/c13-9-8(6-11-10(14)12-9)7-4-2-1-3-5-7/h1-2,4,6H,3,5H2,(H2,11,12,13,14). The van der Waals surface area contributed by atoms with E-state index in [1.807, 2.05) is 12.2 Å². The fourth-order valence-electron chi connectivity index (χ4n) is 1.48. The Labute approximate surface area is 86.2 Å². The molecule has 0 saturated heterocycles. The van der Waals surface area contributed by atoms with Crippen molar-refractivity contribution in [2.45, 2.75) is 12.8 Å². The van der Waals surface area contributed by atoms with Crippen LogP contribution in [0.25, 0.3) is 5.57 Å². The lowest BCUT2D eigenvalue weighted by molar-refractivity contribution is 1.02. The zero-order valence-electron chi connectivity index (χ0n) is 7.54. The van der Waals surface area contributed by atoms with E-state index < -0.39 is 0 Å². The van der Waals surface area contributed by atoms with Crippen LogP contribution >= 0.6 is 12.2 Å². The zero-order chi connectivity index (χ0) is 9.97. The van der Waals surface area contributed by atoms with Crippen molar-refractivity contribution in [1.29, 1.82) is 0 Å². The van der Waals surface area contributed by atoms with E-state index in [0.29, 0.717) is 10.3 Å². The summed E-state index contributed by atoms with van der Waals surface area (Å²) in [6, 6.07) is 0. The third kappa shape index (κ3) is 1.75. The maximum atomic E-state index is 11.5. The van der Waals surface area contributed by atoms with Crippen molar-refractivity contribution >= 4 is 17.8 Å². The number of aromatic nitrogens is 2. The fraction of sp³-hybridized carbons (Fsp3) is 0.200. The molecule has 1 aromatic rings. The zero-order valence-corrected chi connectivity index (χ0v) is 8.36. The smallest absolute Gasteiger partial charge is 0.259 e. The first kappa shape index (κ1) is 9.15. The van der Waals surface area contributed by atoms with Gasteiger partial charge in [0.2, 0.25) is 0 Å². The molecular formula is C10H10N2OS. The van der Waals surface area contributed by atoms with E-state index in [9.17, 15) is 4.79 Å². The Morgan fingerprint density at radius 2 is 2.29 bits per heavy atom. The van der Waals surface area contributed by atoms with Crippen molar-refractivity contribution in [2.75, 3.05) is 0 Å². The number of rotatable bonds is 1. The first-order valence-electron chi connectivity index (χ1n) is 4.45. The third-order valence-corrected chi connectivity index (χ3v) is 2.40. The van der Waals surface area contributed by atoms with Crippen LogP contribution in [0.15, 0.2) is 29.2 Å². The highest BCUT2D eigenvalue weighted by atomic mass is 32.1. The SMILES string of the molecule is O=c1[nH]c(=S)[nH]cc1C1=CC=CCC1. The molecule has 0 unspecified atom stereocenters. The van der Waals surface area contributed by atoms with Crippen LogP contribution in [-0.2, 0) is 0 Å². The van der Waals surface area contributed by atoms with Gasteiger partial charge in [-0.2, -0.15) is 0 Å². The van der Waals surface area contributed by atoms with Crippen LogP contribution in [0.4, 0.5) is 0 Å². The molecule has 0 saturated carbocycles. The van der Waals surface area contributed by atoms with Gasteiger partial charge in [-0.1, -0.05) is 18.2 Å². The maximum absolute atomic E-state index is 11.5. The highest BCUT2D eigenvalue weighted by Gasteiger charge is 2.06. The van der Waals surface area contributed by atoms with E-state index in [1.54, 1.807) is 6.20 Å². The minimum atomic E-state index is -0.115. The predicted octanol–water partition coefficient (Wildman–Crippen LogP) is 2.17. The summed E-state index contributed by atoms with van der Waals surface area (Å²) >= 11 is 4.82. The molecule has 1 aliphatic rings. The van der Waals surface area contributed by atoms with Crippen molar-refractivity contribution in [2.24, 2.45) is 0 Å². The molecule has 0 aromatic carbocycles. The van der Waals surface area contributed by atoms with Crippen molar-refractivity contribution in [3.8, 4) is 0 Å². The fourth-order valence-corrected chi connectivity index (χ4v) is 1.63. The van der Waals surface area contributed by atoms with Gasteiger partial charge < -0.3 is 4.98 Å². The number of allylic oxidation sites excluding steroid dienone is 4. The Morgan fingerprint density at radius 1 is 1.43 bits per heavy atom. The Balaban J connectivity index is 2.51. The average molecular weight is 206 g/mol. The summed E-state index contributed by atoms with van der Waals surface area (Å²) in [6.07, 6.45) is 9.59. The van der Waals surface area contributed by atoms with Crippen LogP contribution in [0.5, 0.6) is 0 Å². The van der Waals surface area contributed by atoms with E-state index >= 15 is 0 Å². The van der Waals surface area contributed by atoms with Crippen molar-refractivity contribution < 1.29 is 0 Å². The molecular weight excluding hydrogens is 196 g/mol. The molecule has 1 heterocycles. The second kappa shape index (κ2) is 3.75. The number of nitrogens with one attached hydrogen (secondary N) is 2. The van der Waals surface area contributed by atoms with Gasteiger partial charge in [0.05, 0.1) is 5.56 Å². The molecule has 0 atom stereocenters. The lowest BCUT2D eigenvalue weighted by atomic mass is 10.00. The van der Waals surface area contributed by atoms with Crippen LogP contribution in [0.1, 0.15) is 18.4 Å². The monoisotopic (exact) mass is 206 g/mol. The van der Waals surface area contributed by atoms with Gasteiger partial charge in [-0.05, 0) is 30.6 Å². The van der Waals surface area contributed by atoms with Crippen molar-refractivity contribution in [3.63, 3.8) is 0 Å². The summed E-state index contributed by atoms with van der Waals surface area (Å²) in [5.41, 5.74) is 1.62. The molecule has 1 aromatic heterocycles. The highest BCUT2D eigenvalue weighted by Crippen LogP contribution is 2.19. The van der Waals surface area contributed by atoms with Gasteiger partial charge >= 0.3 is 0 Å². The largest absolute Gasteiger partial charge is 0.338 e. The molecule has 0 spiro atoms. The molecule has 4 heteroatoms. The van der Waals surface area contributed by atoms with Crippen molar-refractivity contribution in [3.05, 3.63) is 45.1 Å². The summed E-state index contributed by atoms with van der Waals surface area (Å²) in [4.78, 5) is 16.9. The van der Waals surface area contributed by atoms with E-state index in [0.717, 1.165) is 18.4 Å². The van der Waals surface area contributed by atoms with Crippen LogP contribution in [-0.4, -0.2) is 9.97 Å². The summed E-state index contributed by atoms with van der Waals surface area (Å²) in [6.45, 7) is 0. The Morgan fingerprint density at radius 3 is 2.93 bits per heavy atom. The number of H-pyrrole nitrogens is 2. The Kier molecular flexibility index (Phi) is 2.45. The Hall–Kier alpha value is -1.42. The quantitative estimate of drug-likeness (QED) is 0.692. The second-order valence-corrected chi connectivity index (χ2v) is 3.55. The molecule has 0 bridgehead atoms. The molecule has 0 radical (unpaired) electrons. The first-order valence-corrected chi connectivity index (χ1v) is 4.86. The summed E-state index contributed by atoms with van der Waals surface area (Å²) < 4.78 is 0.366. The molecule has 14 heavy (non-hydrogen) atoms. The van der Waals surface area contributed by atoms with Gasteiger partial charge in [0.15, 0.2) is 4.77 Å². The molecule has 3 nitrogen and oxygen atoms in total. The molecule has 2 rings (SSSR count). The summed E-state index contributed by atoms with van der Waals surface area (Å²) in [5.74, 6) is 0. The van der Waals surface area contributed by atoms with Gasteiger partial charge in [0, 0.05) is 6.20 Å². The number of aromatic amines is 2. The lowest BCUT2D eigenvalue weighted by Gasteiger charge is -2.07.